The van der Waals surface area contributed by atoms with Gasteiger partial charge in [0.05, 0.1) is 19.6 Å². The highest BCUT2D eigenvalue weighted by Crippen LogP contribution is 2.22. The Bertz CT molecular complexity index is 924. The standard InChI is InChI=1S/C23H27BrFN3O4/c1-3-5-19(27-23(31)21(28-24)17-6-4-7-18(25)14-17)15-8-10-16(11-9-15)22(30)26-13-12-20(29)32-2/h4,6-11,14,19,21,28H,3,5,12-13H2,1-2H3,(H,26,30)(H,27,31)/t19-,21?/m1/s1. The van der Waals surface area contributed by atoms with E-state index in [4.69, 9.17) is 0 Å². The molecule has 0 aliphatic rings. The molecule has 0 radical (unpaired) electrons. The summed E-state index contributed by atoms with van der Waals surface area (Å²) in [6, 6.07) is 11.7. The molecule has 7 nitrogen and oxygen atoms in total. The molecule has 2 amide bonds. The van der Waals surface area contributed by atoms with Crippen LogP contribution in [-0.4, -0.2) is 31.4 Å². The van der Waals surface area contributed by atoms with E-state index >= 15 is 0 Å². The number of methoxy groups -OCH3 is 1. The van der Waals surface area contributed by atoms with Gasteiger partial charge in [0.1, 0.15) is 11.9 Å². The van der Waals surface area contributed by atoms with Gasteiger partial charge in [-0.15, -0.1) is 0 Å². The Balaban J connectivity index is 2.07. The van der Waals surface area contributed by atoms with Gasteiger partial charge in [0.25, 0.3) is 5.91 Å². The predicted molar refractivity (Wildman–Crippen MR) is 122 cm³/mol. The van der Waals surface area contributed by atoms with Crippen molar-refractivity contribution in [2.75, 3.05) is 13.7 Å². The van der Waals surface area contributed by atoms with Gasteiger partial charge in [-0.1, -0.05) is 37.6 Å². The van der Waals surface area contributed by atoms with Crippen molar-refractivity contribution in [3.8, 4) is 0 Å². The number of carbonyl (C=O) groups is 3. The summed E-state index contributed by atoms with van der Waals surface area (Å²) in [5.41, 5.74) is 1.78. The van der Waals surface area contributed by atoms with Gasteiger partial charge in [0.2, 0.25) is 5.91 Å². The molecule has 172 valence electrons. The molecular weight excluding hydrogens is 481 g/mol. The van der Waals surface area contributed by atoms with Gasteiger partial charge in [-0.05, 0) is 41.8 Å². The van der Waals surface area contributed by atoms with Crippen LogP contribution in [0.1, 0.15) is 59.8 Å². The third kappa shape index (κ3) is 7.42. The summed E-state index contributed by atoms with van der Waals surface area (Å²) in [5, 5.41) is 5.66. The average Bonchev–Trinajstić information content (AvgIpc) is 2.79. The predicted octanol–water partition coefficient (Wildman–Crippen LogP) is 3.72. The molecule has 0 aliphatic heterocycles. The highest BCUT2D eigenvalue weighted by atomic mass is 79.9. The summed E-state index contributed by atoms with van der Waals surface area (Å²) >= 11 is 3.12. The third-order valence-corrected chi connectivity index (χ3v) is 5.32. The minimum absolute atomic E-state index is 0.0962. The number of hydrogen-bond acceptors (Lipinski definition) is 5. The molecule has 0 aromatic heterocycles. The first kappa shape index (κ1) is 25.5. The first-order valence-corrected chi connectivity index (χ1v) is 11.1. The summed E-state index contributed by atoms with van der Waals surface area (Å²) < 4.78 is 20.9. The maximum Gasteiger partial charge on any atom is 0.307 e. The zero-order valence-electron chi connectivity index (χ0n) is 18.0. The first-order chi connectivity index (χ1) is 15.4. The molecule has 2 atom stereocenters. The number of amides is 2. The molecule has 2 rings (SSSR count). The monoisotopic (exact) mass is 507 g/mol. The van der Waals surface area contributed by atoms with Gasteiger partial charge in [0.15, 0.2) is 0 Å². The molecule has 9 heteroatoms. The summed E-state index contributed by atoms with van der Waals surface area (Å²) in [6.07, 6.45) is 1.61. The van der Waals surface area contributed by atoms with Gasteiger partial charge >= 0.3 is 5.97 Å². The molecule has 3 N–H and O–H groups in total. The maximum atomic E-state index is 13.6. The van der Waals surface area contributed by atoms with E-state index in [-0.39, 0.29) is 30.8 Å². The molecule has 0 spiro atoms. The van der Waals surface area contributed by atoms with Crippen LogP contribution in [0.4, 0.5) is 4.39 Å². The first-order valence-electron chi connectivity index (χ1n) is 10.3. The van der Waals surface area contributed by atoms with Gasteiger partial charge in [-0.2, -0.15) is 0 Å². The van der Waals surface area contributed by atoms with Crippen LogP contribution in [0.15, 0.2) is 48.5 Å². The SMILES string of the molecule is CCC[C@@H](NC(=O)C(NBr)c1cccc(F)c1)c1ccc(C(=O)NCCC(=O)OC)cc1. The minimum atomic E-state index is -0.773. The van der Waals surface area contributed by atoms with Crippen molar-refractivity contribution in [1.29, 1.82) is 0 Å². The lowest BCUT2D eigenvalue weighted by molar-refractivity contribution is -0.140. The second kappa shape index (κ2) is 12.9. The quantitative estimate of drug-likeness (QED) is 0.318. The van der Waals surface area contributed by atoms with E-state index in [1.165, 1.54) is 19.2 Å². The van der Waals surface area contributed by atoms with Crippen LogP contribution in [-0.2, 0) is 14.3 Å². The van der Waals surface area contributed by atoms with Crippen LogP contribution in [0.5, 0.6) is 0 Å². The highest BCUT2D eigenvalue weighted by Gasteiger charge is 2.23. The number of nitrogens with one attached hydrogen (secondary N) is 3. The van der Waals surface area contributed by atoms with Crippen LogP contribution >= 0.6 is 16.1 Å². The van der Waals surface area contributed by atoms with Gasteiger partial charge in [-0.25, -0.2) is 8.73 Å². The zero-order valence-corrected chi connectivity index (χ0v) is 19.6. The van der Waals surface area contributed by atoms with E-state index in [0.717, 1.165) is 12.0 Å². The van der Waals surface area contributed by atoms with Crippen LogP contribution in [0, 0.1) is 5.82 Å². The van der Waals surface area contributed by atoms with Crippen LogP contribution in [0.3, 0.4) is 0 Å². The van der Waals surface area contributed by atoms with Crippen molar-refractivity contribution in [3.05, 3.63) is 71.0 Å². The number of esters is 1. The summed E-state index contributed by atoms with van der Waals surface area (Å²) in [6.45, 7) is 2.19. The second-order valence-corrected chi connectivity index (χ2v) is 7.61. The number of ether oxygens (including phenoxy) is 1. The van der Waals surface area contributed by atoms with Gasteiger partial charge in [0, 0.05) is 28.3 Å². The molecule has 0 heterocycles. The summed E-state index contributed by atoms with van der Waals surface area (Å²) in [4.78, 5) is 36.3. The lowest BCUT2D eigenvalue weighted by atomic mass is 9.99. The molecule has 0 fully saturated rings. The Morgan fingerprint density at radius 1 is 1.09 bits per heavy atom. The summed E-state index contributed by atoms with van der Waals surface area (Å²) in [7, 11) is 1.29. The molecule has 0 saturated carbocycles. The number of hydrogen-bond donors (Lipinski definition) is 3. The average molecular weight is 508 g/mol. The van der Waals surface area contributed by atoms with E-state index in [1.807, 2.05) is 6.92 Å². The molecule has 0 aliphatic carbocycles. The number of halogens is 2. The lowest BCUT2D eigenvalue weighted by Crippen LogP contribution is -2.36. The molecule has 0 bridgehead atoms. The molecular formula is C23H27BrFN3O4. The number of rotatable bonds is 11. The zero-order chi connectivity index (χ0) is 23.5. The van der Waals surface area contributed by atoms with Crippen molar-refractivity contribution in [3.63, 3.8) is 0 Å². The Kier molecular flexibility index (Phi) is 10.3. The van der Waals surface area contributed by atoms with Gasteiger partial charge in [-0.3, -0.25) is 14.4 Å². The lowest BCUT2D eigenvalue weighted by Gasteiger charge is -2.23. The Hall–Kier alpha value is -2.78. The third-order valence-electron chi connectivity index (χ3n) is 4.86. The maximum absolute atomic E-state index is 13.6. The van der Waals surface area contributed by atoms with Crippen LogP contribution in [0.25, 0.3) is 0 Å². The van der Waals surface area contributed by atoms with E-state index in [0.29, 0.717) is 17.5 Å². The Morgan fingerprint density at radius 2 is 1.81 bits per heavy atom. The van der Waals surface area contributed by atoms with Gasteiger partial charge < -0.3 is 15.4 Å². The van der Waals surface area contributed by atoms with E-state index in [2.05, 4.69) is 35.9 Å². The van der Waals surface area contributed by atoms with Crippen molar-refractivity contribution in [1.82, 2.24) is 15.0 Å². The Morgan fingerprint density at radius 3 is 2.41 bits per heavy atom. The van der Waals surface area contributed by atoms with Crippen molar-refractivity contribution in [2.45, 2.75) is 38.3 Å². The number of benzene rings is 2. The fourth-order valence-corrected chi connectivity index (χ4v) is 3.64. The van der Waals surface area contributed by atoms with Crippen LogP contribution < -0.4 is 15.0 Å². The second-order valence-electron chi connectivity index (χ2n) is 7.15. The number of carbonyl (C=O) groups excluding carboxylic acids is 3. The molecule has 0 saturated heterocycles. The van der Waals surface area contributed by atoms with E-state index in [1.54, 1.807) is 36.4 Å². The molecule has 2 aromatic carbocycles. The largest absolute Gasteiger partial charge is 0.469 e. The minimum Gasteiger partial charge on any atom is -0.469 e. The normalized spacial score (nSPS) is 12.5. The molecule has 1 unspecified atom stereocenters. The smallest absolute Gasteiger partial charge is 0.307 e. The fourth-order valence-electron chi connectivity index (χ4n) is 3.16. The van der Waals surface area contributed by atoms with Crippen molar-refractivity contribution >= 4 is 33.9 Å². The molecule has 2 aromatic rings. The molecule has 32 heavy (non-hydrogen) atoms. The van der Waals surface area contributed by atoms with E-state index < -0.39 is 17.8 Å². The summed E-state index contributed by atoms with van der Waals surface area (Å²) in [5.74, 6) is -1.43. The van der Waals surface area contributed by atoms with Crippen molar-refractivity contribution < 1.29 is 23.5 Å². The fraction of sp³-hybridized carbons (Fsp3) is 0.348. The van der Waals surface area contributed by atoms with E-state index in [9.17, 15) is 18.8 Å². The topological polar surface area (TPSA) is 96.5 Å². The van der Waals surface area contributed by atoms with Crippen molar-refractivity contribution in [2.24, 2.45) is 0 Å². The van der Waals surface area contributed by atoms with Crippen LogP contribution in [0.2, 0.25) is 0 Å². The Labute approximate surface area is 195 Å². The highest BCUT2D eigenvalue weighted by molar-refractivity contribution is 9.08.